The molecular formula is C18H24ClN3O2. The van der Waals surface area contributed by atoms with Crippen LogP contribution in [0.1, 0.15) is 52.3 Å². The molecule has 0 radical (unpaired) electrons. The monoisotopic (exact) mass is 349 g/mol. The first kappa shape index (κ1) is 18.5. The maximum absolute atomic E-state index is 12.9. The molecule has 0 saturated heterocycles. The van der Waals surface area contributed by atoms with Crippen LogP contribution < -0.4 is 4.90 Å². The average Bonchev–Trinajstić information content (AvgIpc) is 3.00. The highest BCUT2D eigenvalue weighted by atomic mass is 35.5. The van der Waals surface area contributed by atoms with E-state index < -0.39 is 5.38 Å². The summed E-state index contributed by atoms with van der Waals surface area (Å²) in [5.41, 5.74) is 0.394. The third kappa shape index (κ3) is 4.35. The van der Waals surface area contributed by atoms with E-state index in [0.29, 0.717) is 11.8 Å². The summed E-state index contributed by atoms with van der Waals surface area (Å²) in [4.78, 5) is 14.5. The summed E-state index contributed by atoms with van der Waals surface area (Å²) in [5, 5.41) is 7.42. The van der Waals surface area contributed by atoms with Crippen LogP contribution in [0.5, 0.6) is 0 Å². The van der Waals surface area contributed by atoms with Gasteiger partial charge < -0.3 is 9.32 Å². The van der Waals surface area contributed by atoms with Gasteiger partial charge in [0, 0.05) is 11.6 Å². The van der Waals surface area contributed by atoms with Gasteiger partial charge in [-0.15, -0.1) is 21.8 Å². The van der Waals surface area contributed by atoms with E-state index in [-0.39, 0.29) is 23.8 Å². The molecule has 5 nitrogen and oxygen atoms in total. The van der Waals surface area contributed by atoms with E-state index in [1.54, 1.807) is 4.90 Å². The predicted molar refractivity (Wildman–Crippen MR) is 95.1 cm³/mol. The molecule has 1 aromatic heterocycles. The maximum Gasteiger partial charge on any atom is 0.246 e. The van der Waals surface area contributed by atoms with Crippen LogP contribution in [0, 0.1) is 5.41 Å². The fourth-order valence-corrected chi connectivity index (χ4v) is 2.23. The van der Waals surface area contributed by atoms with Gasteiger partial charge in [-0.05, 0) is 17.5 Å². The number of rotatable bonds is 5. The number of para-hydroxylation sites is 1. The number of halogens is 1. The second kappa shape index (κ2) is 7.34. The lowest BCUT2D eigenvalue weighted by Crippen LogP contribution is -2.42. The third-order valence-electron chi connectivity index (χ3n) is 3.58. The number of benzene rings is 1. The molecule has 1 heterocycles. The first-order valence-electron chi connectivity index (χ1n) is 8.03. The van der Waals surface area contributed by atoms with Crippen molar-refractivity contribution in [3.8, 4) is 0 Å². The Balaban J connectivity index is 2.31. The van der Waals surface area contributed by atoms with Crippen molar-refractivity contribution in [3.05, 3.63) is 42.1 Å². The van der Waals surface area contributed by atoms with Crippen LogP contribution >= 0.6 is 11.6 Å². The second-order valence-electron chi connectivity index (χ2n) is 7.18. The van der Waals surface area contributed by atoms with Crippen molar-refractivity contribution >= 4 is 23.2 Å². The highest BCUT2D eigenvalue weighted by Crippen LogP contribution is 2.29. The van der Waals surface area contributed by atoms with Crippen molar-refractivity contribution in [2.24, 2.45) is 5.41 Å². The van der Waals surface area contributed by atoms with Crippen LogP contribution in [0.2, 0.25) is 0 Å². The standard InChI is InChI=1S/C18H24ClN3O2/c1-12(2)16-21-20-14(24-16)11-22(13-9-7-6-8-10-13)17(23)15(19)18(3,4)5/h6-10,12,15H,11H2,1-5H3. The molecule has 0 bridgehead atoms. The van der Waals surface area contributed by atoms with E-state index in [0.717, 1.165) is 5.69 Å². The normalized spacial score (nSPS) is 13.1. The molecule has 1 aromatic carbocycles. The molecule has 0 spiro atoms. The van der Waals surface area contributed by atoms with E-state index in [9.17, 15) is 4.79 Å². The van der Waals surface area contributed by atoms with Gasteiger partial charge in [-0.3, -0.25) is 4.79 Å². The minimum atomic E-state index is -0.662. The second-order valence-corrected chi connectivity index (χ2v) is 7.61. The van der Waals surface area contributed by atoms with Crippen LogP contribution in [0.3, 0.4) is 0 Å². The van der Waals surface area contributed by atoms with Crippen LogP contribution in [0.15, 0.2) is 34.7 Å². The number of aromatic nitrogens is 2. The zero-order chi connectivity index (χ0) is 17.9. The number of hydrogen-bond donors (Lipinski definition) is 0. The zero-order valence-electron chi connectivity index (χ0n) is 14.8. The van der Waals surface area contributed by atoms with Crippen LogP contribution in [-0.4, -0.2) is 21.5 Å². The average molecular weight is 350 g/mol. The quantitative estimate of drug-likeness (QED) is 0.751. The Morgan fingerprint density at radius 2 is 1.83 bits per heavy atom. The van der Waals surface area contributed by atoms with Gasteiger partial charge in [-0.1, -0.05) is 52.8 Å². The molecule has 0 aliphatic heterocycles. The molecule has 0 aliphatic rings. The summed E-state index contributed by atoms with van der Waals surface area (Å²) in [6, 6.07) is 9.39. The van der Waals surface area contributed by atoms with Gasteiger partial charge in [0.05, 0.1) is 0 Å². The van der Waals surface area contributed by atoms with Gasteiger partial charge in [0.25, 0.3) is 0 Å². The smallest absolute Gasteiger partial charge is 0.246 e. The first-order valence-corrected chi connectivity index (χ1v) is 8.46. The van der Waals surface area contributed by atoms with E-state index >= 15 is 0 Å². The van der Waals surface area contributed by atoms with Gasteiger partial charge in [0.15, 0.2) is 0 Å². The Morgan fingerprint density at radius 3 is 2.33 bits per heavy atom. The Morgan fingerprint density at radius 1 is 1.21 bits per heavy atom. The maximum atomic E-state index is 12.9. The molecule has 2 rings (SSSR count). The minimum absolute atomic E-state index is 0.141. The molecule has 2 aromatic rings. The lowest BCUT2D eigenvalue weighted by molar-refractivity contribution is -0.120. The molecule has 0 aliphatic carbocycles. The van der Waals surface area contributed by atoms with E-state index in [1.165, 1.54) is 0 Å². The molecule has 1 unspecified atom stereocenters. The van der Waals surface area contributed by atoms with Crippen LogP contribution in [0.25, 0.3) is 0 Å². The summed E-state index contributed by atoms with van der Waals surface area (Å²) in [6.45, 7) is 9.97. The summed E-state index contributed by atoms with van der Waals surface area (Å²) in [7, 11) is 0. The van der Waals surface area contributed by atoms with Gasteiger partial charge in [-0.2, -0.15) is 0 Å². The zero-order valence-corrected chi connectivity index (χ0v) is 15.5. The van der Waals surface area contributed by atoms with E-state index in [2.05, 4.69) is 10.2 Å². The third-order valence-corrected chi connectivity index (χ3v) is 4.42. The van der Waals surface area contributed by atoms with Gasteiger partial charge in [0.1, 0.15) is 11.9 Å². The van der Waals surface area contributed by atoms with Gasteiger partial charge in [-0.25, -0.2) is 0 Å². The van der Waals surface area contributed by atoms with Crippen molar-refractivity contribution in [2.45, 2.75) is 52.5 Å². The number of carbonyl (C=O) groups is 1. The predicted octanol–water partition coefficient (Wildman–Crippen LogP) is 4.38. The van der Waals surface area contributed by atoms with E-state index in [4.69, 9.17) is 16.0 Å². The topological polar surface area (TPSA) is 59.2 Å². The van der Waals surface area contributed by atoms with E-state index in [1.807, 2.05) is 65.0 Å². The summed E-state index contributed by atoms with van der Waals surface area (Å²) in [6.07, 6.45) is 0. The Kier molecular flexibility index (Phi) is 5.65. The molecule has 0 fully saturated rings. The molecule has 130 valence electrons. The number of amides is 1. The summed E-state index contributed by atoms with van der Waals surface area (Å²) >= 11 is 6.42. The Hall–Kier alpha value is -1.88. The van der Waals surface area contributed by atoms with Crippen molar-refractivity contribution in [1.29, 1.82) is 0 Å². The number of alkyl halides is 1. The molecule has 1 atom stereocenters. The van der Waals surface area contributed by atoms with Gasteiger partial charge >= 0.3 is 0 Å². The Bertz CT molecular complexity index is 677. The molecule has 0 N–H and O–H groups in total. The fraction of sp³-hybridized carbons (Fsp3) is 0.500. The Labute approximate surface area is 148 Å². The summed E-state index contributed by atoms with van der Waals surface area (Å²) in [5.74, 6) is 0.916. The molecular weight excluding hydrogens is 326 g/mol. The van der Waals surface area contributed by atoms with Gasteiger partial charge in [0.2, 0.25) is 17.7 Å². The number of nitrogens with zero attached hydrogens (tertiary/aromatic N) is 3. The molecule has 0 saturated carbocycles. The number of anilines is 1. The molecule has 1 amide bonds. The van der Waals surface area contributed by atoms with Crippen molar-refractivity contribution in [2.75, 3.05) is 4.90 Å². The molecule has 24 heavy (non-hydrogen) atoms. The number of hydrogen-bond acceptors (Lipinski definition) is 4. The van der Waals surface area contributed by atoms with Crippen LogP contribution in [0.4, 0.5) is 5.69 Å². The first-order chi connectivity index (χ1) is 11.2. The largest absolute Gasteiger partial charge is 0.423 e. The lowest BCUT2D eigenvalue weighted by Gasteiger charge is -2.30. The highest BCUT2D eigenvalue weighted by Gasteiger charge is 2.34. The fourth-order valence-electron chi connectivity index (χ4n) is 2.11. The molecule has 6 heteroatoms. The SMILES string of the molecule is CC(C)c1nnc(CN(C(=O)C(Cl)C(C)(C)C)c2ccccc2)o1. The minimum Gasteiger partial charge on any atom is -0.423 e. The highest BCUT2D eigenvalue weighted by molar-refractivity contribution is 6.33. The van der Waals surface area contributed by atoms with Crippen molar-refractivity contribution in [1.82, 2.24) is 10.2 Å². The lowest BCUT2D eigenvalue weighted by atomic mass is 9.91. The number of carbonyl (C=O) groups excluding carboxylic acids is 1. The summed E-state index contributed by atoms with van der Waals surface area (Å²) < 4.78 is 5.65. The van der Waals surface area contributed by atoms with Crippen molar-refractivity contribution < 1.29 is 9.21 Å². The van der Waals surface area contributed by atoms with Crippen molar-refractivity contribution in [3.63, 3.8) is 0 Å². The van der Waals surface area contributed by atoms with Crippen LogP contribution in [-0.2, 0) is 11.3 Å².